The van der Waals surface area contributed by atoms with Crippen molar-refractivity contribution >= 4 is 15.9 Å². The van der Waals surface area contributed by atoms with E-state index in [1.807, 2.05) is 6.92 Å². The van der Waals surface area contributed by atoms with Gasteiger partial charge >= 0.3 is 0 Å². The van der Waals surface area contributed by atoms with Crippen LogP contribution in [0.5, 0.6) is 5.75 Å². The molecule has 0 heterocycles. The van der Waals surface area contributed by atoms with Crippen LogP contribution in [-0.2, 0) is 14.8 Å². The molecule has 1 fully saturated rings. The number of sulfonamides is 1. The van der Waals surface area contributed by atoms with Gasteiger partial charge in [-0.2, -0.15) is 0 Å². The molecule has 1 saturated carbocycles. The van der Waals surface area contributed by atoms with Crippen molar-refractivity contribution in [2.45, 2.75) is 50.0 Å². The fourth-order valence-corrected chi connectivity index (χ4v) is 4.25. The summed E-state index contributed by atoms with van der Waals surface area (Å²) in [5.41, 5.74) is 5.77. The van der Waals surface area contributed by atoms with Crippen LogP contribution in [0.25, 0.3) is 0 Å². The molecule has 0 bridgehead atoms. The number of benzene rings is 1. The lowest BCUT2D eigenvalue weighted by Gasteiger charge is -2.31. The van der Waals surface area contributed by atoms with Gasteiger partial charge < -0.3 is 15.8 Å². The van der Waals surface area contributed by atoms with Crippen LogP contribution in [0, 0.1) is 5.92 Å². The zero-order chi connectivity index (χ0) is 19.0. The van der Waals surface area contributed by atoms with Crippen molar-refractivity contribution in [2.75, 3.05) is 19.7 Å². The highest BCUT2D eigenvalue weighted by molar-refractivity contribution is 7.89. The second-order valence-corrected chi connectivity index (χ2v) is 8.27. The van der Waals surface area contributed by atoms with Crippen LogP contribution in [0.15, 0.2) is 29.2 Å². The van der Waals surface area contributed by atoms with E-state index in [4.69, 9.17) is 10.5 Å². The monoisotopic (exact) mass is 383 g/mol. The van der Waals surface area contributed by atoms with Gasteiger partial charge in [-0.05, 0) is 56.5 Å². The summed E-state index contributed by atoms with van der Waals surface area (Å²) in [5, 5.41) is 3.00. The number of hydrogen-bond donors (Lipinski definition) is 3. The number of ether oxygens (including phenoxy) is 1. The first-order valence-corrected chi connectivity index (χ1v) is 10.7. The molecule has 1 aromatic rings. The van der Waals surface area contributed by atoms with E-state index in [1.165, 1.54) is 12.1 Å². The molecule has 1 aliphatic carbocycles. The normalized spacial score (nSPS) is 20.5. The van der Waals surface area contributed by atoms with Crippen molar-refractivity contribution in [3.05, 3.63) is 24.3 Å². The fourth-order valence-electron chi connectivity index (χ4n) is 3.22. The Labute approximate surface area is 155 Å². The minimum Gasteiger partial charge on any atom is -0.494 e. The number of carbonyl (C=O) groups excluding carboxylic acids is 1. The van der Waals surface area contributed by atoms with Gasteiger partial charge in [-0.25, -0.2) is 13.1 Å². The summed E-state index contributed by atoms with van der Waals surface area (Å²) >= 11 is 0. The van der Waals surface area contributed by atoms with Crippen LogP contribution >= 0.6 is 0 Å². The van der Waals surface area contributed by atoms with Gasteiger partial charge in [-0.15, -0.1) is 0 Å². The van der Waals surface area contributed by atoms with Crippen LogP contribution in [0.4, 0.5) is 0 Å². The molecular formula is C18H29N3O4S. The van der Waals surface area contributed by atoms with E-state index in [1.54, 1.807) is 12.1 Å². The summed E-state index contributed by atoms with van der Waals surface area (Å²) in [6.07, 6.45) is 4.31. The third-order valence-corrected chi connectivity index (χ3v) is 6.12. The predicted molar refractivity (Wildman–Crippen MR) is 100 cm³/mol. The summed E-state index contributed by atoms with van der Waals surface area (Å²) in [5.74, 6) is 0.783. The van der Waals surface area contributed by atoms with E-state index in [9.17, 15) is 13.2 Å². The van der Waals surface area contributed by atoms with Crippen LogP contribution in [0.1, 0.15) is 39.0 Å². The SMILES string of the molecule is CCOc1ccc(S(=O)(=O)NCCC(=O)NC2CCCCC2CN)cc1. The molecule has 146 valence electrons. The minimum atomic E-state index is -3.64. The van der Waals surface area contributed by atoms with E-state index in [0.717, 1.165) is 25.7 Å². The smallest absolute Gasteiger partial charge is 0.240 e. The summed E-state index contributed by atoms with van der Waals surface area (Å²) in [6, 6.07) is 6.30. The molecular weight excluding hydrogens is 354 g/mol. The highest BCUT2D eigenvalue weighted by atomic mass is 32.2. The Kier molecular flexibility index (Phi) is 7.86. The fraction of sp³-hybridized carbons (Fsp3) is 0.611. The topological polar surface area (TPSA) is 111 Å². The van der Waals surface area contributed by atoms with Crippen molar-refractivity contribution in [1.29, 1.82) is 0 Å². The number of amides is 1. The summed E-state index contributed by atoms with van der Waals surface area (Å²) in [4.78, 5) is 12.3. The summed E-state index contributed by atoms with van der Waals surface area (Å²) in [6.45, 7) is 3.00. The summed E-state index contributed by atoms with van der Waals surface area (Å²) in [7, 11) is -3.64. The molecule has 26 heavy (non-hydrogen) atoms. The quantitative estimate of drug-likeness (QED) is 0.597. The lowest BCUT2D eigenvalue weighted by atomic mass is 9.84. The Morgan fingerprint density at radius 3 is 2.58 bits per heavy atom. The Balaban J connectivity index is 1.80. The molecule has 8 heteroatoms. The van der Waals surface area contributed by atoms with Crippen molar-refractivity contribution in [3.8, 4) is 5.75 Å². The van der Waals surface area contributed by atoms with E-state index in [2.05, 4.69) is 10.0 Å². The standard InChI is InChI=1S/C18H29N3O4S/c1-2-25-15-7-9-16(10-8-15)26(23,24)20-12-11-18(22)21-17-6-4-3-5-14(17)13-19/h7-10,14,17,20H,2-6,11-13,19H2,1H3,(H,21,22). The van der Waals surface area contributed by atoms with Crippen molar-refractivity contribution in [1.82, 2.24) is 10.0 Å². The number of hydrogen-bond acceptors (Lipinski definition) is 5. The molecule has 7 nitrogen and oxygen atoms in total. The molecule has 2 atom stereocenters. The number of rotatable bonds is 9. The maximum absolute atomic E-state index is 12.3. The second-order valence-electron chi connectivity index (χ2n) is 6.51. The number of carbonyl (C=O) groups is 1. The number of nitrogens with two attached hydrogens (primary N) is 1. The first kappa shape index (κ1) is 20.7. The first-order chi connectivity index (χ1) is 12.5. The predicted octanol–water partition coefficient (Wildman–Crippen LogP) is 1.39. The largest absolute Gasteiger partial charge is 0.494 e. The van der Waals surface area contributed by atoms with E-state index >= 15 is 0 Å². The van der Waals surface area contributed by atoms with Crippen LogP contribution in [0.3, 0.4) is 0 Å². The average molecular weight is 384 g/mol. The van der Waals surface area contributed by atoms with Gasteiger partial charge in [0.1, 0.15) is 5.75 Å². The van der Waals surface area contributed by atoms with Crippen LogP contribution in [-0.4, -0.2) is 40.1 Å². The lowest BCUT2D eigenvalue weighted by molar-refractivity contribution is -0.122. The molecule has 0 aromatic heterocycles. The molecule has 1 aliphatic rings. The molecule has 1 aromatic carbocycles. The molecule has 4 N–H and O–H groups in total. The van der Waals surface area contributed by atoms with Gasteiger partial charge in [-0.1, -0.05) is 12.8 Å². The van der Waals surface area contributed by atoms with Gasteiger partial charge in [0.25, 0.3) is 0 Å². The molecule has 0 aliphatic heterocycles. The average Bonchev–Trinajstić information content (AvgIpc) is 2.63. The van der Waals surface area contributed by atoms with E-state index < -0.39 is 10.0 Å². The van der Waals surface area contributed by atoms with Gasteiger partial charge in [0.05, 0.1) is 11.5 Å². The zero-order valence-electron chi connectivity index (χ0n) is 15.2. The first-order valence-electron chi connectivity index (χ1n) is 9.18. The number of nitrogens with one attached hydrogen (secondary N) is 2. The van der Waals surface area contributed by atoms with Crippen LogP contribution in [0.2, 0.25) is 0 Å². The van der Waals surface area contributed by atoms with Crippen molar-refractivity contribution in [2.24, 2.45) is 11.7 Å². The van der Waals surface area contributed by atoms with Crippen molar-refractivity contribution in [3.63, 3.8) is 0 Å². The van der Waals surface area contributed by atoms with E-state index in [0.29, 0.717) is 24.8 Å². The maximum atomic E-state index is 12.3. The van der Waals surface area contributed by atoms with Gasteiger partial charge in [0.2, 0.25) is 15.9 Å². The Bertz CT molecular complexity index is 676. The highest BCUT2D eigenvalue weighted by Gasteiger charge is 2.25. The Morgan fingerprint density at radius 1 is 1.23 bits per heavy atom. The Morgan fingerprint density at radius 2 is 1.92 bits per heavy atom. The van der Waals surface area contributed by atoms with Crippen molar-refractivity contribution < 1.29 is 17.9 Å². The minimum absolute atomic E-state index is 0.0569. The third kappa shape index (κ3) is 5.96. The van der Waals surface area contributed by atoms with E-state index in [-0.39, 0.29) is 29.8 Å². The van der Waals surface area contributed by atoms with Gasteiger partial charge in [0.15, 0.2) is 0 Å². The Hall–Kier alpha value is -1.64. The maximum Gasteiger partial charge on any atom is 0.240 e. The van der Waals surface area contributed by atoms with Gasteiger partial charge in [-0.3, -0.25) is 4.79 Å². The van der Waals surface area contributed by atoms with Crippen LogP contribution < -0.4 is 20.5 Å². The zero-order valence-corrected chi connectivity index (χ0v) is 16.1. The molecule has 0 radical (unpaired) electrons. The molecule has 0 saturated heterocycles. The molecule has 2 unspecified atom stereocenters. The molecule has 2 rings (SSSR count). The lowest BCUT2D eigenvalue weighted by Crippen LogP contribution is -2.45. The molecule has 1 amide bonds. The third-order valence-electron chi connectivity index (χ3n) is 4.65. The molecule has 0 spiro atoms. The second kappa shape index (κ2) is 9.89. The van der Waals surface area contributed by atoms with Gasteiger partial charge in [0, 0.05) is 19.0 Å². The summed E-state index contributed by atoms with van der Waals surface area (Å²) < 4.78 is 32.3. The highest BCUT2D eigenvalue weighted by Crippen LogP contribution is 2.23.